The molecule has 1 atom stereocenters. The predicted molar refractivity (Wildman–Crippen MR) is 98.4 cm³/mol. The standard InChI is InChI=1S/C19H20N4O3/c1-2-22-14-10-6-7-11-15(14)23(19(22)26)12-16(24)21-17(18(20)25)13-8-4-3-5-9-13/h3-11,17H,2,12H2,1H3,(H2,20,25)(H,21,24)/t17-/m0/s1. The largest absolute Gasteiger partial charge is 0.368 e. The van der Waals surface area contributed by atoms with Gasteiger partial charge in [0.05, 0.1) is 11.0 Å². The lowest BCUT2D eigenvalue weighted by Gasteiger charge is -2.16. The van der Waals surface area contributed by atoms with Crippen LogP contribution in [0.3, 0.4) is 0 Å². The number of carbonyl (C=O) groups excluding carboxylic acids is 2. The molecular weight excluding hydrogens is 332 g/mol. The molecule has 0 radical (unpaired) electrons. The topological polar surface area (TPSA) is 99.1 Å². The summed E-state index contributed by atoms with van der Waals surface area (Å²) in [6.45, 7) is 2.18. The number of benzene rings is 2. The molecule has 7 nitrogen and oxygen atoms in total. The van der Waals surface area contributed by atoms with Crippen LogP contribution in [0.25, 0.3) is 11.0 Å². The third-order valence-electron chi connectivity index (χ3n) is 4.27. The smallest absolute Gasteiger partial charge is 0.329 e. The van der Waals surface area contributed by atoms with Crippen molar-refractivity contribution in [1.82, 2.24) is 14.5 Å². The maximum absolute atomic E-state index is 12.6. The number of amides is 2. The second-order valence-electron chi connectivity index (χ2n) is 5.92. The van der Waals surface area contributed by atoms with Crippen LogP contribution in [0.2, 0.25) is 0 Å². The first kappa shape index (κ1) is 17.5. The van der Waals surface area contributed by atoms with Gasteiger partial charge in [0.2, 0.25) is 11.8 Å². The Morgan fingerprint density at radius 1 is 1.00 bits per heavy atom. The van der Waals surface area contributed by atoms with Crippen LogP contribution in [0.5, 0.6) is 0 Å². The average molecular weight is 352 g/mol. The summed E-state index contributed by atoms with van der Waals surface area (Å²) in [5, 5.41) is 2.62. The quantitative estimate of drug-likeness (QED) is 0.696. The number of hydrogen-bond donors (Lipinski definition) is 2. The fraction of sp³-hybridized carbons (Fsp3) is 0.211. The molecule has 0 spiro atoms. The lowest BCUT2D eigenvalue weighted by molar-refractivity contribution is -0.127. The minimum absolute atomic E-state index is 0.192. The Kier molecular flexibility index (Phi) is 4.88. The molecular formula is C19H20N4O3. The van der Waals surface area contributed by atoms with Crippen molar-refractivity contribution in [3.8, 4) is 0 Å². The number of aryl methyl sites for hydroxylation is 1. The first-order valence-corrected chi connectivity index (χ1v) is 8.34. The highest BCUT2D eigenvalue weighted by Gasteiger charge is 2.21. The Labute approximate surface area is 150 Å². The van der Waals surface area contributed by atoms with Gasteiger partial charge in [-0.15, -0.1) is 0 Å². The lowest BCUT2D eigenvalue weighted by Crippen LogP contribution is -2.40. The summed E-state index contributed by atoms with van der Waals surface area (Å²) in [4.78, 5) is 36.9. The van der Waals surface area contributed by atoms with E-state index in [2.05, 4.69) is 5.32 Å². The fourth-order valence-corrected chi connectivity index (χ4v) is 3.05. The molecule has 1 aromatic heterocycles. The molecule has 26 heavy (non-hydrogen) atoms. The summed E-state index contributed by atoms with van der Waals surface area (Å²) in [7, 11) is 0. The molecule has 0 aliphatic heterocycles. The SMILES string of the molecule is CCn1c(=O)n(CC(=O)N[C@H](C(N)=O)c2ccccc2)c2ccccc21. The molecule has 3 rings (SSSR count). The van der Waals surface area contributed by atoms with E-state index in [0.29, 0.717) is 17.6 Å². The normalized spacial score (nSPS) is 12.0. The van der Waals surface area contributed by atoms with E-state index in [1.165, 1.54) is 4.57 Å². The van der Waals surface area contributed by atoms with E-state index in [4.69, 9.17) is 5.73 Å². The third-order valence-corrected chi connectivity index (χ3v) is 4.27. The molecule has 7 heteroatoms. The van der Waals surface area contributed by atoms with Crippen LogP contribution in [0.1, 0.15) is 18.5 Å². The van der Waals surface area contributed by atoms with Crippen LogP contribution in [-0.2, 0) is 22.7 Å². The molecule has 3 N–H and O–H groups in total. The van der Waals surface area contributed by atoms with Gasteiger partial charge in [-0.3, -0.25) is 18.7 Å². The van der Waals surface area contributed by atoms with Gasteiger partial charge < -0.3 is 11.1 Å². The summed E-state index contributed by atoms with van der Waals surface area (Å²) in [6, 6.07) is 15.1. The van der Waals surface area contributed by atoms with Crippen LogP contribution in [0.4, 0.5) is 0 Å². The highest BCUT2D eigenvalue weighted by molar-refractivity contribution is 5.88. The maximum atomic E-state index is 12.6. The second kappa shape index (κ2) is 7.26. The van der Waals surface area contributed by atoms with Gasteiger partial charge in [0.1, 0.15) is 12.6 Å². The number of para-hydroxylation sites is 2. The molecule has 0 aliphatic carbocycles. The highest BCUT2D eigenvalue weighted by Crippen LogP contribution is 2.14. The van der Waals surface area contributed by atoms with Gasteiger partial charge in [0, 0.05) is 6.54 Å². The molecule has 2 aromatic carbocycles. The van der Waals surface area contributed by atoms with Gasteiger partial charge >= 0.3 is 5.69 Å². The summed E-state index contributed by atoms with van der Waals surface area (Å²) < 4.78 is 3.00. The van der Waals surface area contributed by atoms with Gasteiger partial charge in [0.25, 0.3) is 0 Å². The van der Waals surface area contributed by atoms with Crippen molar-refractivity contribution in [3.63, 3.8) is 0 Å². The van der Waals surface area contributed by atoms with Crippen molar-refractivity contribution in [2.24, 2.45) is 5.73 Å². The minimum Gasteiger partial charge on any atom is -0.368 e. The van der Waals surface area contributed by atoms with E-state index >= 15 is 0 Å². The highest BCUT2D eigenvalue weighted by atomic mass is 16.2. The predicted octanol–water partition coefficient (Wildman–Crippen LogP) is 1.17. The number of aromatic nitrogens is 2. The lowest BCUT2D eigenvalue weighted by atomic mass is 10.1. The maximum Gasteiger partial charge on any atom is 0.329 e. The van der Waals surface area contributed by atoms with Crippen molar-refractivity contribution in [3.05, 3.63) is 70.6 Å². The second-order valence-corrected chi connectivity index (χ2v) is 5.92. The first-order chi connectivity index (χ1) is 12.5. The monoisotopic (exact) mass is 352 g/mol. The number of primary amides is 1. The van der Waals surface area contributed by atoms with Crippen molar-refractivity contribution in [2.75, 3.05) is 0 Å². The van der Waals surface area contributed by atoms with Crippen LogP contribution < -0.4 is 16.7 Å². The number of rotatable bonds is 6. The summed E-state index contributed by atoms with van der Waals surface area (Å²) in [5.74, 6) is -1.12. The molecule has 0 unspecified atom stereocenters. The van der Waals surface area contributed by atoms with E-state index in [1.807, 2.05) is 31.2 Å². The number of fused-ring (bicyclic) bond motifs is 1. The molecule has 0 bridgehead atoms. The zero-order chi connectivity index (χ0) is 18.7. The van der Waals surface area contributed by atoms with Crippen molar-refractivity contribution in [1.29, 1.82) is 0 Å². The summed E-state index contributed by atoms with van der Waals surface area (Å²) in [6.07, 6.45) is 0. The Morgan fingerprint density at radius 2 is 1.58 bits per heavy atom. The molecule has 134 valence electrons. The van der Waals surface area contributed by atoms with E-state index in [-0.39, 0.29) is 12.2 Å². The molecule has 3 aromatic rings. The third kappa shape index (κ3) is 3.23. The number of carbonyl (C=O) groups is 2. The van der Waals surface area contributed by atoms with Crippen LogP contribution in [0.15, 0.2) is 59.4 Å². The Hall–Kier alpha value is -3.35. The average Bonchev–Trinajstić information content (AvgIpc) is 2.91. The fourth-order valence-electron chi connectivity index (χ4n) is 3.05. The van der Waals surface area contributed by atoms with Gasteiger partial charge in [0.15, 0.2) is 0 Å². The number of imidazole rings is 1. The first-order valence-electron chi connectivity index (χ1n) is 8.34. The van der Waals surface area contributed by atoms with Gasteiger partial charge in [-0.25, -0.2) is 4.79 Å². The van der Waals surface area contributed by atoms with Crippen LogP contribution in [0, 0.1) is 0 Å². The van der Waals surface area contributed by atoms with Crippen LogP contribution >= 0.6 is 0 Å². The Bertz CT molecular complexity index is 1000. The molecule has 0 saturated heterocycles. The summed E-state index contributed by atoms with van der Waals surface area (Å²) >= 11 is 0. The molecule has 0 saturated carbocycles. The summed E-state index contributed by atoms with van der Waals surface area (Å²) in [5.41, 5.74) is 7.20. The van der Waals surface area contributed by atoms with E-state index in [0.717, 1.165) is 5.52 Å². The van der Waals surface area contributed by atoms with Gasteiger partial charge in [-0.05, 0) is 24.6 Å². The van der Waals surface area contributed by atoms with Crippen molar-refractivity contribution in [2.45, 2.75) is 26.1 Å². The zero-order valence-corrected chi connectivity index (χ0v) is 14.4. The minimum atomic E-state index is -0.945. The van der Waals surface area contributed by atoms with Gasteiger partial charge in [-0.2, -0.15) is 0 Å². The van der Waals surface area contributed by atoms with Gasteiger partial charge in [-0.1, -0.05) is 42.5 Å². The van der Waals surface area contributed by atoms with E-state index in [9.17, 15) is 14.4 Å². The van der Waals surface area contributed by atoms with Crippen molar-refractivity contribution >= 4 is 22.8 Å². The van der Waals surface area contributed by atoms with Crippen LogP contribution in [-0.4, -0.2) is 20.9 Å². The molecule has 2 amide bonds. The van der Waals surface area contributed by atoms with E-state index in [1.54, 1.807) is 34.9 Å². The number of nitrogens with two attached hydrogens (primary N) is 1. The Balaban J connectivity index is 1.89. The number of hydrogen-bond acceptors (Lipinski definition) is 3. The Morgan fingerprint density at radius 3 is 2.15 bits per heavy atom. The number of nitrogens with zero attached hydrogens (tertiary/aromatic N) is 2. The molecule has 0 fully saturated rings. The van der Waals surface area contributed by atoms with Crippen molar-refractivity contribution < 1.29 is 9.59 Å². The molecule has 1 heterocycles. The zero-order valence-electron chi connectivity index (χ0n) is 14.4. The molecule has 0 aliphatic rings. The van der Waals surface area contributed by atoms with E-state index < -0.39 is 17.9 Å². The number of nitrogens with one attached hydrogen (secondary N) is 1.